The number of hydrogen-bond donors (Lipinski definition) is 0. The monoisotopic (exact) mass is 411 g/mol. The van der Waals surface area contributed by atoms with Crippen molar-refractivity contribution in [3.05, 3.63) is 65.7 Å². The van der Waals surface area contributed by atoms with Crippen LogP contribution >= 0.6 is 0 Å². The zero-order chi connectivity index (χ0) is 21.3. The average molecular weight is 411 g/mol. The van der Waals surface area contributed by atoms with Crippen molar-refractivity contribution in [1.29, 1.82) is 0 Å². The summed E-state index contributed by atoms with van der Waals surface area (Å²) in [4.78, 5) is 27.2. The van der Waals surface area contributed by atoms with E-state index in [9.17, 15) is 9.59 Å². The molecule has 0 aromatic heterocycles. The summed E-state index contributed by atoms with van der Waals surface area (Å²) >= 11 is 0. The average Bonchev–Trinajstić information content (AvgIpc) is 2.81. The molecule has 1 saturated heterocycles. The van der Waals surface area contributed by atoms with Crippen LogP contribution in [0.4, 0.5) is 0 Å². The van der Waals surface area contributed by atoms with Gasteiger partial charge in [0.15, 0.2) is 11.5 Å². The van der Waals surface area contributed by atoms with Crippen LogP contribution in [0.25, 0.3) is 6.08 Å². The van der Waals surface area contributed by atoms with E-state index in [-0.39, 0.29) is 5.91 Å². The number of para-hydroxylation sites is 1. The van der Waals surface area contributed by atoms with Crippen LogP contribution in [0.3, 0.4) is 0 Å². The molecule has 1 amide bonds. The first-order chi connectivity index (χ1) is 14.6. The van der Waals surface area contributed by atoms with Gasteiger partial charge in [-0.25, -0.2) is 4.79 Å². The number of methoxy groups -OCH3 is 2. The molecule has 0 aliphatic carbocycles. The van der Waals surface area contributed by atoms with Crippen molar-refractivity contribution in [2.24, 2.45) is 0 Å². The van der Waals surface area contributed by atoms with E-state index in [1.807, 2.05) is 6.07 Å². The Kier molecular flexibility index (Phi) is 7.45. The van der Waals surface area contributed by atoms with Gasteiger partial charge >= 0.3 is 5.97 Å². The molecular formula is C23H25NO6. The fourth-order valence-electron chi connectivity index (χ4n) is 3.19. The molecule has 7 nitrogen and oxygen atoms in total. The number of amides is 1. The first-order valence-electron chi connectivity index (χ1n) is 9.65. The number of rotatable bonds is 7. The Balaban J connectivity index is 1.78. The number of benzene rings is 2. The molecule has 30 heavy (non-hydrogen) atoms. The summed E-state index contributed by atoms with van der Waals surface area (Å²) < 4.78 is 21.5. The third-order valence-electron chi connectivity index (χ3n) is 4.72. The highest BCUT2D eigenvalue weighted by atomic mass is 16.5. The molecule has 0 radical (unpaired) electrons. The van der Waals surface area contributed by atoms with Crippen LogP contribution in [0.2, 0.25) is 0 Å². The van der Waals surface area contributed by atoms with Crippen molar-refractivity contribution < 1.29 is 28.5 Å². The standard InChI is InChI=1S/C23H25NO6/c1-27-19-10-6-9-18(21(19)28-2)11-12-20(25)30-22(17-7-4-3-5-8-17)23(26)24-13-15-29-16-14-24/h3-12,22H,13-16H2,1-2H3/b12-11+/t22-/m0/s1. The molecule has 0 unspecified atom stereocenters. The van der Waals surface area contributed by atoms with Crippen molar-refractivity contribution in [2.75, 3.05) is 40.5 Å². The normalized spacial score (nSPS) is 14.9. The molecule has 1 aliphatic heterocycles. The number of nitrogens with zero attached hydrogens (tertiary/aromatic N) is 1. The second kappa shape index (κ2) is 10.5. The molecule has 0 spiro atoms. The highest BCUT2D eigenvalue weighted by molar-refractivity contribution is 5.91. The predicted octanol–water partition coefficient (Wildman–Crippen LogP) is 2.86. The van der Waals surface area contributed by atoms with Crippen LogP contribution in [0.5, 0.6) is 11.5 Å². The fourth-order valence-corrected chi connectivity index (χ4v) is 3.19. The first-order valence-corrected chi connectivity index (χ1v) is 9.65. The number of ether oxygens (including phenoxy) is 4. The van der Waals surface area contributed by atoms with E-state index in [0.717, 1.165) is 0 Å². The summed E-state index contributed by atoms with van der Waals surface area (Å²) in [5.41, 5.74) is 1.28. The minimum Gasteiger partial charge on any atom is -0.493 e. The molecule has 0 N–H and O–H groups in total. The Bertz CT molecular complexity index is 890. The van der Waals surface area contributed by atoms with Crippen molar-refractivity contribution in [2.45, 2.75) is 6.10 Å². The second-order valence-corrected chi connectivity index (χ2v) is 6.58. The van der Waals surface area contributed by atoms with Gasteiger partial charge in [-0.1, -0.05) is 42.5 Å². The molecule has 1 fully saturated rings. The Labute approximate surface area is 175 Å². The molecule has 1 heterocycles. The topological polar surface area (TPSA) is 74.3 Å². The van der Waals surface area contributed by atoms with Crippen LogP contribution < -0.4 is 9.47 Å². The Morgan fingerprint density at radius 3 is 2.40 bits per heavy atom. The fraction of sp³-hybridized carbons (Fsp3) is 0.304. The van der Waals surface area contributed by atoms with Gasteiger partial charge in [0.25, 0.3) is 5.91 Å². The zero-order valence-corrected chi connectivity index (χ0v) is 17.1. The molecular weight excluding hydrogens is 386 g/mol. The van der Waals surface area contributed by atoms with Crippen LogP contribution in [-0.4, -0.2) is 57.3 Å². The summed E-state index contributed by atoms with van der Waals surface area (Å²) in [6.07, 6.45) is 1.83. The maximum Gasteiger partial charge on any atom is 0.331 e. The van der Waals surface area contributed by atoms with Crippen LogP contribution in [-0.2, 0) is 19.1 Å². The highest BCUT2D eigenvalue weighted by Crippen LogP contribution is 2.31. The third kappa shape index (κ3) is 5.18. The van der Waals surface area contributed by atoms with Crippen LogP contribution in [0.15, 0.2) is 54.6 Å². The summed E-state index contributed by atoms with van der Waals surface area (Å²) in [7, 11) is 3.07. The smallest absolute Gasteiger partial charge is 0.331 e. The van der Waals surface area contributed by atoms with Crippen molar-refractivity contribution in [3.63, 3.8) is 0 Å². The van der Waals surface area contributed by atoms with Gasteiger partial charge in [-0.2, -0.15) is 0 Å². The molecule has 3 rings (SSSR count). The number of morpholine rings is 1. The number of carbonyl (C=O) groups excluding carboxylic acids is 2. The molecule has 2 aromatic rings. The second-order valence-electron chi connectivity index (χ2n) is 6.58. The Morgan fingerprint density at radius 2 is 1.73 bits per heavy atom. The van der Waals surface area contributed by atoms with Crippen LogP contribution in [0.1, 0.15) is 17.2 Å². The van der Waals surface area contributed by atoms with Gasteiger partial charge in [0, 0.05) is 30.3 Å². The number of esters is 1. The van der Waals surface area contributed by atoms with Crippen LogP contribution in [0, 0.1) is 0 Å². The summed E-state index contributed by atoms with van der Waals surface area (Å²) in [6.45, 7) is 1.88. The van der Waals surface area contributed by atoms with Gasteiger partial charge in [-0.05, 0) is 12.1 Å². The maximum atomic E-state index is 13.0. The summed E-state index contributed by atoms with van der Waals surface area (Å²) in [5, 5.41) is 0. The predicted molar refractivity (Wildman–Crippen MR) is 111 cm³/mol. The highest BCUT2D eigenvalue weighted by Gasteiger charge is 2.30. The van der Waals surface area contributed by atoms with E-state index in [1.54, 1.807) is 60.6 Å². The molecule has 7 heteroatoms. The third-order valence-corrected chi connectivity index (χ3v) is 4.72. The van der Waals surface area contributed by atoms with Crippen molar-refractivity contribution in [3.8, 4) is 11.5 Å². The van der Waals surface area contributed by atoms with E-state index in [1.165, 1.54) is 13.2 Å². The van der Waals surface area contributed by atoms with E-state index < -0.39 is 12.1 Å². The lowest BCUT2D eigenvalue weighted by atomic mass is 10.1. The lowest BCUT2D eigenvalue weighted by Crippen LogP contribution is -2.44. The number of carbonyl (C=O) groups is 2. The van der Waals surface area contributed by atoms with E-state index in [4.69, 9.17) is 18.9 Å². The molecule has 1 aliphatic rings. The maximum absolute atomic E-state index is 13.0. The molecule has 2 aromatic carbocycles. The number of hydrogen-bond acceptors (Lipinski definition) is 6. The van der Waals surface area contributed by atoms with Gasteiger partial charge in [0.1, 0.15) is 0 Å². The zero-order valence-electron chi connectivity index (χ0n) is 17.1. The molecule has 1 atom stereocenters. The quantitative estimate of drug-likeness (QED) is 0.515. The summed E-state index contributed by atoms with van der Waals surface area (Å²) in [6, 6.07) is 14.3. The molecule has 158 valence electrons. The minimum absolute atomic E-state index is 0.259. The first kappa shape index (κ1) is 21.4. The lowest BCUT2D eigenvalue weighted by molar-refractivity contribution is -0.159. The van der Waals surface area contributed by atoms with Gasteiger partial charge < -0.3 is 23.8 Å². The lowest BCUT2D eigenvalue weighted by Gasteiger charge is -2.30. The van der Waals surface area contributed by atoms with E-state index in [2.05, 4.69) is 0 Å². The minimum atomic E-state index is -1.02. The largest absolute Gasteiger partial charge is 0.493 e. The van der Waals surface area contributed by atoms with E-state index >= 15 is 0 Å². The van der Waals surface area contributed by atoms with Gasteiger partial charge in [0.2, 0.25) is 6.10 Å². The molecule has 0 bridgehead atoms. The van der Waals surface area contributed by atoms with E-state index in [0.29, 0.717) is 48.9 Å². The summed E-state index contributed by atoms with van der Waals surface area (Å²) in [5.74, 6) is 0.172. The van der Waals surface area contributed by atoms with Gasteiger partial charge in [-0.3, -0.25) is 4.79 Å². The Hall–Kier alpha value is -3.32. The Morgan fingerprint density at radius 1 is 1.00 bits per heavy atom. The molecule has 0 saturated carbocycles. The van der Waals surface area contributed by atoms with Gasteiger partial charge in [0.05, 0.1) is 27.4 Å². The van der Waals surface area contributed by atoms with Gasteiger partial charge in [-0.15, -0.1) is 0 Å². The SMILES string of the molecule is COc1cccc(/C=C/C(=O)O[C@H](C(=O)N2CCOCC2)c2ccccc2)c1OC. The van der Waals surface area contributed by atoms with Crippen molar-refractivity contribution in [1.82, 2.24) is 4.90 Å². The van der Waals surface area contributed by atoms with Crippen molar-refractivity contribution >= 4 is 18.0 Å².